The molecule has 0 spiro atoms. The van der Waals surface area contributed by atoms with E-state index in [1.807, 2.05) is 13.8 Å². The lowest BCUT2D eigenvalue weighted by Gasteiger charge is -2.17. The maximum atomic E-state index is 14.1. The highest BCUT2D eigenvalue weighted by Gasteiger charge is 2.42. The van der Waals surface area contributed by atoms with Crippen molar-refractivity contribution in [1.82, 2.24) is 34.8 Å². The van der Waals surface area contributed by atoms with Crippen molar-refractivity contribution in [1.29, 1.82) is 0 Å². The van der Waals surface area contributed by atoms with Crippen LogP contribution in [0.15, 0.2) is 41.5 Å². The van der Waals surface area contributed by atoms with Gasteiger partial charge < -0.3 is 46.7 Å². The lowest BCUT2D eigenvalue weighted by Crippen LogP contribution is -2.41. The van der Waals surface area contributed by atoms with E-state index in [1.165, 1.54) is 6.92 Å². The number of aliphatic carboxylic acids is 2. The average molecular weight is 827 g/mol. The SMILES string of the molecule is CCC(Cc1cnc2nc(N)nc(N)c2n1)c1ccc(C(=O)N[C@@H](CCC(=O)O)C(=O)O)cc1.CCCCCOC(=O)Nc1nc(=O)n([C@@H]2O[C@H](C)[C@@H](O)[C@H]2O)cc1F. The maximum absolute atomic E-state index is 14.1. The van der Waals surface area contributed by atoms with Crippen LogP contribution in [0, 0.1) is 5.82 Å². The summed E-state index contributed by atoms with van der Waals surface area (Å²) in [6.07, 6.45) is 0.139. The first-order valence-electron chi connectivity index (χ1n) is 18.7. The van der Waals surface area contributed by atoms with Crippen molar-refractivity contribution in [3.63, 3.8) is 0 Å². The third-order valence-corrected chi connectivity index (χ3v) is 9.20. The van der Waals surface area contributed by atoms with Crippen molar-refractivity contribution in [2.45, 2.75) is 102 Å². The number of carboxylic acids is 2. The van der Waals surface area contributed by atoms with Gasteiger partial charge in [-0.2, -0.15) is 15.0 Å². The summed E-state index contributed by atoms with van der Waals surface area (Å²) in [5.41, 5.74) is 13.2. The van der Waals surface area contributed by atoms with Crippen LogP contribution in [-0.2, 0) is 25.5 Å². The summed E-state index contributed by atoms with van der Waals surface area (Å²) in [6.45, 7) is 5.71. The van der Waals surface area contributed by atoms with Crippen molar-refractivity contribution in [2.75, 3.05) is 23.4 Å². The summed E-state index contributed by atoms with van der Waals surface area (Å²) < 4.78 is 24.9. The molecule has 0 bridgehead atoms. The molecule has 1 unspecified atom stereocenters. The van der Waals surface area contributed by atoms with E-state index >= 15 is 0 Å². The summed E-state index contributed by atoms with van der Waals surface area (Å²) in [5, 5.41) is 42.0. The van der Waals surface area contributed by atoms with Gasteiger partial charge in [0.15, 0.2) is 34.8 Å². The normalized spacial score (nSPS) is 18.3. The number of anilines is 3. The summed E-state index contributed by atoms with van der Waals surface area (Å²) >= 11 is 0. The molecule has 1 aliphatic heterocycles. The lowest BCUT2D eigenvalue weighted by atomic mass is 9.91. The highest BCUT2D eigenvalue weighted by atomic mass is 19.1. The predicted octanol–water partition coefficient (Wildman–Crippen LogP) is 2.13. The standard InChI is InChI=1S/C22H25N7O5.C15H22FN3O6/c1-2-11(9-14-10-25-19-17(26-14)18(23)28-22(24)29-19)12-3-5-13(6-4-12)20(32)27-15(21(33)34)7-8-16(30)31;1-3-4-5-6-24-15(23)18-12-9(16)7-19(14(22)17-12)13-11(21)10(20)8(2)25-13/h3-6,10-11,15H,2,7-9H2,1H3,(H,27,32)(H,30,31)(H,33,34)(H4,23,24,25,28,29);7-8,10-11,13,20-21H,3-6H2,1-2H3,(H,17,18,22,23)/t11?,15-;8-,10-,11-,13-/m01/s1. The number of aliphatic hydroxyl groups excluding tert-OH is 2. The molecule has 22 heteroatoms. The Morgan fingerprint density at radius 2 is 1.73 bits per heavy atom. The van der Waals surface area contributed by atoms with Crippen LogP contribution < -0.4 is 27.8 Å². The van der Waals surface area contributed by atoms with E-state index in [0.29, 0.717) is 29.7 Å². The quantitative estimate of drug-likeness (QED) is 0.0750. The van der Waals surface area contributed by atoms with Gasteiger partial charge in [0.1, 0.15) is 18.2 Å². The predicted molar refractivity (Wildman–Crippen MR) is 207 cm³/mol. The molecule has 0 saturated carbocycles. The molecule has 10 N–H and O–H groups in total. The Bertz CT molecular complexity index is 2180. The number of halogens is 1. The number of carbonyl (C=O) groups excluding carboxylic acids is 2. The van der Waals surface area contributed by atoms with Gasteiger partial charge in [0, 0.05) is 12.0 Å². The Morgan fingerprint density at radius 3 is 2.34 bits per heavy atom. The summed E-state index contributed by atoms with van der Waals surface area (Å²) in [5.74, 6) is -4.34. The summed E-state index contributed by atoms with van der Waals surface area (Å²) in [4.78, 5) is 78.3. The minimum absolute atomic E-state index is 0.0270. The number of fused-ring (bicyclic) bond motifs is 1. The van der Waals surface area contributed by atoms with Crippen LogP contribution >= 0.6 is 0 Å². The molecule has 6 atom stereocenters. The Balaban J connectivity index is 0.000000273. The van der Waals surface area contributed by atoms with Crippen LogP contribution in [0.3, 0.4) is 0 Å². The number of nitrogens with two attached hydrogens (primary N) is 2. The van der Waals surface area contributed by atoms with Crippen LogP contribution in [0.4, 0.5) is 26.8 Å². The zero-order valence-electron chi connectivity index (χ0n) is 32.4. The van der Waals surface area contributed by atoms with Crippen LogP contribution in [0.1, 0.15) is 93.1 Å². The number of carboxylic acid groups (broad SMARTS) is 2. The van der Waals surface area contributed by atoms with Crippen LogP contribution in [0.2, 0.25) is 0 Å². The second-order valence-corrected chi connectivity index (χ2v) is 13.5. The van der Waals surface area contributed by atoms with E-state index < -0.39 is 71.8 Å². The van der Waals surface area contributed by atoms with Gasteiger partial charge in [0.05, 0.1) is 30.8 Å². The number of hydrogen-bond acceptors (Lipinski definition) is 16. The minimum Gasteiger partial charge on any atom is -0.481 e. The van der Waals surface area contributed by atoms with E-state index in [1.54, 1.807) is 30.5 Å². The Hall–Kier alpha value is -6.39. The molecule has 5 rings (SSSR count). The van der Waals surface area contributed by atoms with E-state index in [2.05, 4.69) is 35.6 Å². The molecule has 1 saturated heterocycles. The van der Waals surface area contributed by atoms with Gasteiger partial charge in [-0.3, -0.25) is 19.5 Å². The first-order chi connectivity index (χ1) is 28.0. The highest BCUT2D eigenvalue weighted by molar-refractivity contribution is 5.96. The Labute approximate surface area is 336 Å². The number of unbranched alkanes of at least 4 members (excludes halogenated alkanes) is 2. The molecular weight excluding hydrogens is 779 g/mol. The van der Waals surface area contributed by atoms with Gasteiger partial charge in [-0.15, -0.1) is 0 Å². The van der Waals surface area contributed by atoms with Crippen LogP contribution in [-0.4, -0.2) is 105 Å². The number of amides is 2. The van der Waals surface area contributed by atoms with Gasteiger partial charge in [-0.25, -0.2) is 28.7 Å². The Kier molecular flexibility index (Phi) is 16.0. The minimum atomic E-state index is -1.41. The van der Waals surface area contributed by atoms with Crippen molar-refractivity contribution in [2.24, 2.45) is 0 Å². The number of ether oxygens (including phenoxy) is 2. The smallest absolute Gasteiger partial charge is 0.412 e. The fourth-order valence-electron chi connectivity index (χ4n) is 5.93. The summed E-state index contributed by atoms with van der Waals surface area (Å²) in [7, 11) is 0. The van der Waals surface area contributed by atoms with E-state index in [0.717, 1.165) is 35.6 Å². The first-order valence-corrected chi connectivity index (χ1v) is 18.7. The van der Waals surface area contributed by atoms with E-state index in [4.69, 9.17) is 26.0 Å². The number of carbonyl (C=O) groups is 4. The number of hydrogen-bond donors (Lipinski definition) is 8. The number of rotatable bonds is 16. The first kappa shape index (κ1) is 45.3. The largest absolute Gasteiger partial charge is 0.481 e. The van der Waals surface area contributed by atoms with Gasteiger partial charge in [-0.1, -0.05) is 38.8 Å². The highest BCUT2D eigenvalue weighted by Crippen LogP contribution is 2.29. The average Bonchev–Trinajstić information content (AvgIpc) is 3.45. The van der Waals surface area contributed by atoms with Crippen molar-refractivity contribution < 1.29 is 53.5 Å². The van der Waals surface area contributed by atoms with Crippen LogP contribution in [0.5, 0.6) is 0 Å². The molecule has 0 aliphatic carbocycles. The molecule has 318 valence electrons. The van der Waals surface area contributed by atoms with Crippen molar-refractivity contribution in [3.8, 4) is 0 Å². The number of nitrogens with one attached hydrogen (secondary N) is 2. The molecule has 4 aromatic rings. The number of aliphatic hydroxyl groups is 2. The lowest BCUT2D eigenvalue weighted by molar-refractivity contribution is -0.140. The number of nitrogens with zero attached hydrogens (tertiary/aromatic N) is 6. The summed E-state index contributed by atoms with van der Waals surface area (Å²) in [6, 6.07) is 5.50. The fourth-order valence-corrected chi connectivity index (χ4v) is 5.93. The monoisotopic (exact) mass is 826 g/mol. The Morgan fingerprint density at radius 1 is 1.02 bits per heavy atom. The molecule has 1 aliphatic rings. The van der Waals surface area contributed by atoms with Gasteiger partial charge in [-0.05, 0) is 56.2 Å². The third-order valence-electron chi connectivity index (χ3n) is 9.20. The fraction of sp³-hybridized carbons (Fsp3) is 0.459. The molecule has 1 fully saturated rings. The number of aromatic nitrogens is 6. The molecule has 4 heterocycles. The van der Waals surface area contributed by atoms with E-state index in [9.17, 15) is 43.7 Å². The van der Waals surface area contributed by atoms with Crippen LogP contribution in [0.25, 0.3) is 11.2 Å². The number of benzene rings is 1. The second kappa shape index (κ2) is 20.9. The molecule has 3 aromatic heterocycles. The number of nitrogen functional groups attached to an aromatic ring is 2. The third kappa shape index (κ3) is 12.3. The van der Waals surface area contributed by atoms with E-state index in [-0.39, 0.29) is 42.7 Å². The molecule has 2 amide bonds. The second-order valence-electron chi connectivity index (χ2n) is 13.5. The molecule has 59 heavy (non-hydrogen) atoms. The zero-order chi connectivity index (χ0) is 43.4. The molecule has 21 nitrogen and oxygen atoms in total. The molecule has 1 aromatic carbocycles. The molecular formula is C37H47FN10O11. The van der Waals surface area contributed by atoms with Crippen molar-refractivity contribution in [3.05, 3.63) is 69.8 Å². The van der Waals surface area contributed by atoms with Crippen molar-refractivity contribution >= 4 is 52.7 Å². The zero-order valence-corrected chi connectivity index (χ0v) is 32.4. The van der Waals surface area contributed by atoms with Gasteiger partial charge in [0.25, 0.3) is 5.91 Å². The van der Waals surface area contributed by atoms with Gasteiger partial charge in [0.2, 0.25) is 5.95 Å². The maximum Gasteiger partial charge on any atom is 0.412 e. The van der Waals surface area contributed by atoms with Gasteiger partial charge >= 0.3 is 23.7 Å². The molecule has 0 radical (unpaired) electrons. The topological polar surface area (TPSA) is 330 Å².